The first-order valence-electron chi connectivity index (χ1n) is 5.83. The number of carbonyl (C=O) groups is 1. The van der Waals surface area contributed by atoms with Gasteiger partial charge in [-0.15, -0.1) is 0 Å². The van der Waals surface area contributed by atoms with Crippen LogP contribution in [0.5, 0.6) is 5.75 Å². The number of para-hydroxylation sites is 1. The molecule has 1 rings (SSSR count). The van der Waals surface area contributed by atoms with Crippen molar-refractivity contribution in [3.8, 4) is 5.75 Å². The van der Waals surface area contributed by atoms with Crippen LogP contribution >= 0.6 is 0 Å². The molecule has 0 aliphatic heterocycles. The smallest absolute Gasteiger partial charge is 0.311 e. The highest BCUT2D eigenvalue weighted by Gasteiger charge is 2.23. The number of rotatable bonds is 6. The fourth-order valence-electron chi connectivity index (χ4n) is 1.49. The number of amides is 1. The van der Waals surface area contributed by atoms with E-state index < -0.39 is 16.9 Å². The van der Waals surface area contributed by atoms with Gasteiger partial charge in [0.1, 0.15) is 0 Å². The fraction of sp³-hybridized carbons (Fsp3) is 0.417. The van der Waals surface area contributed by atoms with Gasteiger partial charge in [-0.05, 0) is 19.9 Å². The van der Waals surface area contributed by atoms with Crippen LogP contribution < -0.4 is 10.1 Å². The zero-order valence-corrected chi connectivity index (χ0v) is 10.8. The molecular formula is C12H16N2O5. The molecular weight excluding hydrogens is 252 g/mol. The Bertz CT molecular complexity index is 475. The molecule has 1 aromatic rings. The highest BCUT2D eigenvalue weighted by atomic mass is 16.6. The predicted molar refractivity (Wildman–Crippen MR) is 68.3 cm³/mol. The Morgan fingerprint density at radius 2 is 2.26 bits per heavy atom. The average Bonchev–Trinajstić information content (AvgIpc) is 2.38. The van der Waals surface area contributed by atoms with Crippen molar-refractivity contribution in [3.05, 3.63) is 33.9 Å². The quantitative estimate of drug-likeness (QED) is 0.594. The van der Waals surface area contributed by atoms with Gasteiger partial charge >= 0.3 is 5.69 Å². The van der Waals surface area contributed by atoms with Crippen molar-refractivity contribution in [2.24, 2.45) is 0 Å². The van der Waals surface area contributed by atoms with Crippen molar-refractivity contribution in [2.75, 3.05) is 13.2 Å². The van der Waals surface area contributed by atoms with E-state index >= 15 is 0 Å². The van der Waals surface area contributed by atoms with Crippen LogP contribution in [0.25, 0.3) is 0 Å². The standard InChI is InChI=1S/C12H16N2O5/c1-3-19-11-9(12(16)13-8(2)7-15)5-4-6-10(11)14(17)18/h4-6,8,15H,3,7H2,1-2H3,(H,13,16). The summed E-state index contributed by atoms with van der Waals surface area (Å²) in [5.41, 5.74) is -0.178. The van der Waals surface area contributed by atoms with Crippen molar-refractivity contribution >= 4 is 11.6 Å². The van der Waals surface area contributed by atoms with Gasteiger partial charge in [-0.25, -0.2) is 0 Å². The van der Waals surface area contributed by atoms with Gasteiger partial charge in [0.25, 0.3) is 5.91 Å². The van der Waals surface area contributed by atoms with Gasteiger partial charge in [0.05, 0.1) is 23.7 Å². The Kier molecular flexibility index (Phi) is 5.25. The number of nitro benzene ring substituents is 1. The third-order valence-corrected chi connectivity index (χ3v) is 2.38. The molecule has 0 aromatic heterocycles. The monoisotopic (exact) mass is 268 g/mol. The molecule has 7 nitrogen and oxygen atoms in total. The third-order valence-electron chi connectivity index (χ3n) is 2.38. The number of nitrogens with one attached hydrogen (secondary N) is 1. The second-order valence-electron chi connectivity index (χ2n) is 3.90. The summed E-state index contributed by atoms with van der Waals surface area (Å²) in [6.45, 7) is 3.29. The summed E-state index contributed by atoms with van der Waals surface area (Å²) in [4.78, 5) is 22.3. The minimum atomic E-state index is -0.600. The van der Waals surface area contributed by atoms with Gasteiger partial charge in [-0.3, -0.25) is 14.9 Å². The van der Waals surface area contributed by atoms with Crippen LogP contribution in [0.3, 0.4) is 0 Å². The van der Waals surface area contributed by atoms with Crippen molar-refractivity contribution in [2.45, 2.75) is 19.9 Å². The largest absolute Gasteiger partial charge is 0.487 e. The van der Waals surface area contributed by atoms with Crippen LogP contribution in [0.2, 0.25) is 0 Å². The van der Waals surface area contributed by atoms with Crippen molar-refractivity contribution < 1.29 is 19.6 Å². The molecule has 0 heterocycles. The molecule has 2 N–H and O–H groups in total. The molecule has 19 heavy (non-hydrogen) atoms. The van der Waals surface area contributed by atoms with E-state index in [1.807, 2.05) is 0 Å². The third kappa shape index (κ3) is 3.65. The normalized spacial score (nSPS) is 11.7. The number of hydrogen-bond acceptors (Lipinski definition) is 5. The Morgan fingerprint density at radius 1 is 1.58 bits per heavy atom. The minimum absolute atomic E-state index is 0.0577. The van der Waals surface area contributed by atoms with Crippen LogP contribution in [0.1, 0.15) is 24.2 Å². The second-order valence-corrected chi connectivity index (χ2v) is 3.90. The van der Waals surface area contributed by atoms with Gasteiger partial charge in [-0.2, -0.15) is 0 Å². The second kappa shape index (κ2) is 6.69. The Labute approximate surface area is 110 Å². The maximum atomic E-state index is 12.0. The maximum Gasteiger partial charge on any atom is 0.311 e. The van der Waals surface area contributed by atoms with Crippen LogP contribution in [0.15, 0.2) is 18.2 Å². The van der Waals surface area contributed by atoms with Crippen LogP contribution in [0.4, 0.5) is 5.69 Å². The minimum Gasteiger partial charge on any atom is -0.487 e. The molecule has 0 spiro atoms. The lowest BCUT2D eigenvalue weighted by atomic mass is 10.1. The number of benzene rings is 1. The highest BCUT2D eigenvalue weighted by Crippen LogP contribution is 2.30. The first-order chi connectivity index (χ1) is 9.01. The number of ether oxygens (including phenoxy) is 1. The molecule has 1 unspecified atom stereocenters. The first kappa shape index (κ1) is 14.9. The van der Waals surface area contributed by atoms with Crippen LogP contribution in [0, 0.1) is 10.1 Å². The maximum absolute atomic E-state index is 12.0. The molecule has 1 atom stereocenters. The number of aliphatic hydroxyl groups excluding tert-OH is 1. The van der Waals surface area contributed by atoms with Gasteiger partial charge < -0.3 is 15.2 Å². The summed E-state index contributed by atoms with van der Waals surface area (Å²) in [7, 11) is 0. The number of nitro groups is 1. The van der Waals surface area contributed by atoms with Gasteiger partial charge in [0.2, 0.25) is 5.75 Å². The summed E-state index contributed by atoms with van der Waals surface area (Å²) < 4.78 is 5.20. The summed E-state index contributed by atoms with van der Waals surface area (Å²) in [5.74, 6) is -0.577. The van der Waals surface area contributed by atoms with Crippen molar-refractivity contribution in [1.29, 1.82) is 0 Å². The topological polar surface area (TPSA) is 102 Å². The predicted octanol–water partition coefficient (Wildman–Crippen LogP) is 1.10. The van der Waals surface area contributed by atoms with Crippen molar-refractivity contribution in [3.63, 3.8) is 0 Å². The highest BCUT2D eigenvalue weighted by molar-refractivity contribution is 5.98. The van der Waals surface area contributed by atoms with E-state index in [2.05, 4.69) is 5.32 Å². The molecule has 104 valence electrons. The number of hydrogen-bond donors (Lipinski definition) is 2. The molecule has 7 heteroatoms. The van der Waals surface area contributed by atoms with E-state index in [-0.39, 0.29) is 30.2 Å². The summed E-state index contributed by atoms with van der Waals surface area (Å²) >= 11 is 0. The van der Waals surface area contributed by atoms with Gasteiger partial charge in [0, 0.05) is 12.1 Å². The lowest BCUT2D eigenvalue weighted by molar-refractivity contribution is -0.385. The molecule has 1 aromatic carbocycles. The summed E-state index contributed by atoms with van der Waals surface area (Å²) in [5, 5.41) is 22.3. The Balaban J connectivity index is 3.15. The van der Waals surface area contributed by atoms with Crippen LogP contribution in [-0.4, -0.2) is 35.2 Å². The zero-order chi connectivity index (χ0) is 14.4. The molecule has 0 saturated heterocycles. The van der Waals surface area contributed by atoms with E-state index in [9.17, 15) is 14.9 Å². The van der Waals surface area contributed by atoms with Gasteiger partial charge in [-0.1, -0.05) is 6.07 Å². The van der Waals surface area contributed by atoms with Gasteiger partial charge in [0.15, 0.2) is 0 Å². The first-order valence-corrected chi connectivity index (χ1v) is 5.83. The molecule has 0 aliphatic carbocycles. The molecule has 0 bridgehead atoms. The average molecular weight is 268 g/mol. The van der Waals surface area contributed by atoms with E-state index in [4.69, 9.17) is 9.84 Å². The lowest BCUT2D eigenvalue weighted by Gasteiger charge is -2.13. The van der Waals surface area contributed by atoms with E-state index in [0.29, 0.717) is 0 Å². The fourth-order valence-corrected chi connectivity index (χ4v) is 1.49. The van der Waals surface area contributed by atoms with Crippen molar-refractivity contribution in [1.82, 2.24) is 5.32 Å². The Morgan fingerprint density at radius 3 is 2.79 bits per heavy atom. The summed E-state index contributed by atoms with van der Waals surface area (Å²) in [6.07, 6.45) is 0. The van der Waals surface area contributed by atoms with E-state index in [0.717, 1.165) is 0 Å². The van der Waals surface area contributed by atoms with E-state index in [1.54, 1.807) is 13.8 Å². The Hall–Kier alpha value is -2.15. The molecule has 0 aliphatic rings. The number of carbonyl (C=O) groups excluding carboxylic acids is 1. The number of aliphatic hydroxyl groups is 1. The number of nitrogens with zero attached hydrogens (tertiary/aromatic N) is 1. The molecule has 0 radical (unpaired) electrons. The SMILES string of the molecule is CCOc1c(C(=O)NC(C)CO)cccc1[N+](=O)[O-]. The lowest BCUT2D eigenvalue weighted by Crippen LogP contribution is -2.35. The summed E-state index contributed by atoms with van der Waals surface area (Å²) in [6, 6.07) is 3.69. The van der Waals surface area contributed by atoms with E-state index in [1.165, 1.54) is 18.2 Å². The molecule has 1 amide bonds. The van der Waals surface area contributed by atoms with Crippen LogP contribution in [-0.2, 0) is 0 Å². The molecule has 0 fully saturated rings. The zero-order valence-electron chi connectivity index (χ0n) is 10.8. The molecule has 0 saturated carbocycles.